The van der Waals surface area contributed by atoms with Crippen molar-refractivity contribution >= 4 is 11.8 Å². The molecule has 0 aromatic carbocycles. The molecule has 0 unspecified atom stereocenters. The Hall–Kier alpha value is -2.09. The number of methoxy groups -OCH3 is 1. The van der Waals surface area contributed by atoms with E-state index in [2.05, 4.69) is 10.8 Å². The van der Waals surface area contributed by atoms with E-state index in [0.717, 1.165) is 0 Å². The van der Waals surface area contributed by atoms with Crippen molar-refractivity contribution < 1.29 is 18.7 Å². The Bertz CT molecular complexity index is 486. The molecule has 2 rings (SSSR count). The number of Topliss-reactive ketones (excluding diaryl/α,β-unsaturated/α-hetero) is 1. The molecule has 0 bridgehead atoms. The van der Waals surface area contributed by atoms with Crippen LogP contribution in [0.3, 0.4) is 0 Å². The fourth-order valence-corrected chi connectivity index (χ4v) is 1.74. The largest absolute Gasteiger partial charge is 0.463 e. The number of hydrogen-bond donors (Lipinski definition) is 0. The third kappa shape index (κ3) is 1.39. The van der Waals surface area contributed by atoms with Crippen LogP contribution in [0.4, 0.5) is 0 Å². The second-order valence-electron chi connectivity index (χ2n) is 3.74. The van der Waals surface area contributed by atoms with Crippen molar-refractivity contribution in [3.8, 4) is 6.07 Å². The van der Waals surface area contributed by atoms with Gasteiger partial charge in [0.1, 0.15) is 17.0 Å². The lowest BCUT2D eigenvalue weighted by Crippen LogP contribution is -2.39. The number of furan rings is 1. The monoisotopic (exact) mass is 219 g/mol. The maximum absolute atomic E-state index is 11.1. The van der Waals surface area contributed by atoms with Gasteiger partial charge in [-0.25, -0.2) is 4.79 Å². The minimum Gasteiger partial charge on any atom is -0.463 e. The van der Waals surface area contributed by atoms with Gasteiger partial charge in [-0.05, 0) is 12.1 Å². The average molecular weight is 219 g/mol. The Kier molecular flexibility index (Phi) is 2.27. The molecule has 0 aliphatic heterocycles. The zero-order valence-corrected chi connectivity index (χ0v) is 8.65. The van der Waals surface area contributed by atoms with E-state index in [4.69, 9.17) is 9.68 Å². The number of nitrogens with zero attached hydrogens (tertiary/aromatic N) is 1. The summed E-state index contributed by atoms with van der Waals surface area (Å²) in [7, 11) is 1.25. The molecule has 0 spiro atoms. The number of ether oxygens (including phenoxy) is 1. The Morgan fingerprint density at radius 2 is 2.25 bits per heavy atom. The first-order chi connectivity index (χ1) is 7.61. The van der Waals surface area contributed by atoms with E-state index in [0.29, 0.717) is 5.76 Å². The predicted molar refractivity (Wildman–Crippen MR) is 51.6 cm³/mol. The highest BCUT2D eigenvalue weighted by molar-refractivity contribution is 5.90. The number of esters is 1. The van der Waals surface area contributed by atoms with Gasteiger partial charge in [0.15, 0.2) is 0 Å². The molecule has 82 valence electrons. The summed E-state index contributed by atoms with van der Waals surface area (Å²) in [6.07, 6.45) is 0.301. The molecule has 1 fully saturated rings. The summed E-state index contributed by atoms with van der Waals surface area (Å²) >= 11 is 0. The highest BCUT2D eigenvalue weighted by Crippen LogP contribution is 2.41. The number of carbonyl (C=O) groups is 2. The number of nitriles is 1. The van der Waals surface area contributed by atoms with Crippen LogP contribution in [0.1, 0.15) is 29.2 Å². The molecule has 1 saturated carbocycles. The number of rotatable bonds is 2. The van der Waals surface area contributed by atoms with Crippen molar-refractivity contribution in [2.45, 2.75) is 18.3 Å². The van der Waals surface area contributed by atoms with Crippen LogP contribution in [0.25, 0.3) is 0 Å². The van der Waals surface area contributed by atoms with E-state index in [-0.39, 0.29) is 24.4 Å². The Morgan fingerprint density at radius 3 is 2.75 bits per heavy atom. The maximum Gasteiger partial charge on any atom is 0.373 e. The van der Waals surface area contributed by atoms with Crippen LogP contribution in [0.2, 0.25) is 0 Å². The topological polar surface area (TPSA) is 80.3 Å². The molecule has 5 heteroatoms. The van der Waals surface area contributed by atoms with Gasteiger partial charge in [0.25, 0.3) is 0 Å². The van der Waals surface area contributed by atoms with Gasteiger partial charge in [-0.2, -0.15) is 5.26 Å². The highest BCUT2D eigenvalue weighted by atomic mass is 16.5. The molecular formula is C11H9NO4. The Balaban J connectivity index is 2.29. The number of carbonyl (C=O) groups excluding carboxylic acids is 2. The molecule has 1 aliphatic carbocycles. The van der Waals surface area contributed by atoms with Gasteiger partial charge in [0, 0.05) is 12.8 Å². The number of ketones is 1. The van der Waals surface area contributed by atoms with E-state index < -0.39 is 11.4 Å². The van der Waals surface area contributed by atoms with Crippen LogP contribution in [-0.2, 0) is 14.9 Å². The van der Waals surface area contributed by atoms with Crippen LogP contribution in [0, 0.1) is 11.3 Å². The fraction of sp³-hybridized carbons (Fsp3) is 0.364. The van der Waals surface area contributed by atoms with E-state index in [9.17, 15) is 9.59 Å². The van der Waals surface area contributed by atoms with Crippen molar-refractivity contribution in [3.05, 3.63) is 23.7 Å². The van der Waals surface area contributed by atoms with Gasteiger partial charge < -0.3 is 9.15 Å². The van der Waals surface area contributed by atoms with Crippen molar-refractivity contribution in [2.75, 3.05) is 7.11 Å². The second kappa shape index (κ2) is 3.49. The molecule has 1 aromatic heterocycles. The summed E-state index contributed by atoms with van der Waals surface area (Å²) in [5.74, 6) is -0.163. The van der Waals surface area contributed by atoms with Crippen LogP contribution >= 0.6 is 0 Å². The zero-order valence-electron chi connectivity index (χ0n) is 8.65. The molecule has 0 N–H and O–H groups in total. The normalized spacial score (nSPS) is 17.4. The van der Waals surface area contributed by atoms with E-state index in [1.165, 1.54) is 13.2 Å². The molecule has 1 aliphatic rings. The quantitative estimate of drug-likeness (QED) is 0.698. The minimum atomic E-state index is -0.886. The van der Waals surface area contributed by atoms with E-state index in [1.807, 2.05) is 0 Å². The van der Waals surface area contributed by atoms with Crippen molar-refractivity contribution in [1.82, 2.24) is 0 Å². The van der Waals surface area contributed by atoms with Crippen molar-refractivity contribution in [1.29, 1.82) is 5.26 Å². The molecule has 0 radical (unpaired) electrons. The van der Waals surface area contributed by atoms with Crippen LogP contribution < -0.4 is 0 Å². The summed E-state index contributed by atoms with van der Waals surface area (Å²) in [4.78, 5) is 22.1. The van der Waals surface area contributed by atoms with Gasteiger partial charge in [-0.15, -0.1) is 0 Å². The van der Waals surface area contributed by atoms with Crippen LogP contribution in [-0.4, -0.2) is 18.9 Å². The van der Waals surface area contributed by atoms with Crippen LogP contribution in [0.5, 0.6) is 0 Å². The van der Waals surface area contributed by atoms with E-state index >= 15 is 0 Å². The summed E-state index contributed by atoms with van der Waals surface area (Å²) in [6, 6.07) is 5.06. The maximum atomic E-state index is 11.1. The fourth-order valence-electron chi connectivity index (χ4n) is 1.74. The minimum absolute atomic E-state index is 0.0255. The average Bonchev–Trinajstić information content (AvgIpc) is 2.72. The molecule has 0 saturated heterocycles. The first kappa shape index (κ1) is 10.4. The summed E-state index contributed by atoms with van der Waals surface area (Å²) in [5.41, 5.74) is -0.886. The summed E-state index contributed by atoms with van der Waals surface area (Å²) in [5, 5.41) is 9.03. The SMILES string of the molecule is COC(=O)c1ccc(C2(C#N)CC(=O)C2)o1. The third-order valence-electron chi connectivity index (χ3n) is 2.68. The van der Waals surface area contributed by atoms with Gasteiger partial charge in [-0.3, -0.25) is 4.79 Å². The van der Waals surface area contributed by atoms with E-state index in [1.54, 1.807) is 6.07 Å². The predicted octanol–water partition coefficient (Wildman–Crippen LogP) is 1.19. The lowest BCUT2D eigenvalue weighted by atomic mass is 9.67. The summed E-state index contributed by atoms with van der Waals surface area (Å²) < 4.78 is 9.72. The molecule has 5 nitrogen and oxygen atoms in total. The van der Waals surface area contributed by atoms with Gasteiger partial charge >= 0.3 is 5.97 Å². The summed E-state index contributed by atoms with van der Waals surface area (Å²) in [6.45, 7) is 0. The molecule has 0 atom stereocenters. The molecular weight excluding hydrogens is 210 g/mol. The van der Waals surface area contributed by atoms with Gasteiger partial charge in [-0.1, -0.05) is 0 Å². The molecule has 16 heavy (non-hydrogen) atoms. The zero-order chi connectivity index (χ0) is 11.8. The van der Waals surface area contributed by atoms with Crippen LogP contribution in [0.15, 0.2) is 16.5 Å². The highest BCUT2D eigenvalue weighted by Gasteiger charge is 2.48. The third-order valence-corrected chi connectivity index (χ3v) is 2.68. The van der Waals surface area contributed by atoms with Crippen molar-refractivity contribution in [2.24, 2.45) is 0 Å². The molecule has 1 heterocycles. The number of hydrogen-bond acceptors (Lipinski definition) is 5. The Labute approximate surface area is 91.6 Å². The molecule has 1 aromatic rings. The lowest BCUT2D eigenvalue weighted by molar-refractivity contribution is -0.127. The molecule has 0 amide bonds. The Morgan fingerprint density at radius 1 is 1.56 bits per heavy atom. The first-order valence-electron chi connectivity index (χ1n) is 4.73. The van der Waals surface area contributed by atoms with Crippen molar-refractivity contribution in [3.63, 3.8) is 0 Å². The second-order valence-corrected chi connectivity index (χ2v) is 3.74. The lowest BCUT2D eigenvalue weighted by Gasteiger charge is -2.31. The van der Waals surface area contributed by atoms with Gasteiger partial charge in [0.05, 0.1) is 13.2 Å². The first-order valence-corrected chi connectivity index (χ1v) is 4.73. The standard InChI is InChI=1S/C11H9NO4/c1-15-10(14)8-2-3-9(16-8)11(6-12)4-7(13)5-11/h2-3H,4-5H2,1H3. The van der Waals surface area contributed by atoms with Gasteiger partial charge in [0.2, 0.25) is 5.76 Å². The smallest absolute Gasteiger partial charge is 0.373 e.